The lowest BCUT2D eigenvalue weighted by Gasteiger charge is -2.16. The van der Waals surface area contributed by atoms with E-state index in [1.165, 1.54) is 12.1 Å². The summed E-state index contributed by atoms with van der Waals surface area (Å²) in [4.78, 5) is 28.6. The van der Waals surface area contributed by atoms with E-state index in [2.05, 4.69) is 10.1 Å². The van der Waals surface area contributed by atoms with Crippen LogP contribution in [0.25, 0.3) is 22.0 Å². The standard InChI is InChI=1S/C23H15F6N5O2/c1-9-15(20(23(27,28)29)33-34(9)8-10-11(24)4-2-5-12(10)25)17-18(21(30)35)16-13(26)6-3-7-14(16)32-19(17)22(31)36/h2-7H,8H2,1H3,(H2,30,35)(H2,31,36). The summed E-state index contributed by atoms with van der Waals surface area (Å²) < 4.78 is 86.2. The van der Waals surface area contributed by atoms with Gasteiger partial charge in [-0.25, -0.2) is 18.2 Å². The number of carbonyl (C=O) groups is 2. The lowest BCUT2D eigenvalue weighted by atomic mass is 9.91. The molecule has 0 saturated heterocycles. The van der Waals surface area contributed by atoms with Crippen LogP contribution in [0, 0.1) is 24.4 Å². The first-order chi connectivity index (χ1) is 16.8. The molecule has 0 saturated carbocycles. The first-order valence-electron chi connectivity index (χ1n) is 10.1. The summed E-state index contributed by atoms with van der Waals surface area (Å²) in [5.41, 5.74) is 4.75. The number of fused-ring (bicyclic) bond motifs is 1. The molecule has 36 heavy (non-hydrogen) atoms. The number of hydrogen-bond acceptors (Lipinski definition) is 4. The second-order valence-corrected chi connectivity index (χ2v) is 7.74. The number of amides is 2. The number of nitrogens with two attached hydrogens (primary N) is 2. The van der Waals surface area contributed by atoms with Crippen LogP contribution in [-0.2, 0) is 12.7 Å². The predicted octanol–water partition coefficient (Wildman–Crippen LogP) is 4.09. The summed E-state index contributed by atoms with van der Waals surface area (Å²) in [6.07, 6.45) is -5.19. The molecule has 0 radical (unpaired) electrons. The van der Waals surface area contributed by atoms with Gasteiger partial charge in [0.1, 0.15) is 23.1 Å². The van der Waals surface area contributed by atoms with E-state index in [-0.39, 0.29) is 11.2 Å². The third-order valence-electron chi connectivity index (χ3n) is 5.54. The summed E-state index contributed by atoms with van der Waals surface area (Å²) in [7, 11) is 0. The van der Waals surface area contributed by atoms with Crippen molar-refractivity contribution < 1.29 is 35.9 Å². The largest absolute Gasteiger partial charge is 0.435 e. The monoisotopic (exact) mass is 507 g/mol. The molecule has 0 atom stereocenters. The Kier molecular flexibility index (Phi) is 5.94. The minimum absolute atomic E-state index is 0.256. The van der Waals surface area contributed by atoms with E-state index < -0.39 is 81.0 Å². The normalized spacial score (nSPS) is 11.8. The zero-order chi connectivity index (χ0) is 26.5. The van der Waals surface area contributed by atoms with Crippen molar-refractivity contribution in [1.82, 2.24) is 14.8 Å². The van der Waals surface area contributed by atoms with Crippen LogP contribution in [-0.4, -0.2) is 26.6 Å². The minimum atomic E-state index is -5.19. The average molecular weight is 507 g/mol. The van der Waals surface area contributed by atoms with Gasteiger partial charge < -0.3 is 11.5 Å². The van der Waals surface area contributed by atoms with Gasteiger partial charge in [-0.3, -0.25) is 14.3 Å². The van der Waals surface area contributed by atoms with Crippen molar-refractivity contribution in [3.05, 3.63) is 82.1 Å². The Hall–Kier alpha value is -4.42. The van der Waals surface area contributed by atoms with Crippen molar-refractivity contribution >= 4 is 22.7 Å². The quantitative estimate of drug-likeness (QED) is 0.396. The van der Waals surface area contributed by atoms with Gasteiger partial charge in [-0.2, -0.15) is 18.3 Å². The molecule has 2 aromatic heterocycles. The fourth-order valence-corrected chi connectivity index (χ4v) is 3.97. The van der Waals surface area contributed by atoms with Crippen molar-refractivity contribution in [2.75, 3.05) is 0 Å². The lowest BCUT2D eigenvalue weighted by Crippen LogP contribution is -2.22. The fraction of sp³-hybridized carbons (Fsp3) is 0.130. The molecule has 4 rings (SSSR count). The van der Waals surface area contributed by atoms with Gasteiger partial charge >= 0.3 is 6.18 Å². The van der Waals surface area contributed by atoms with E-state index in [1.807, 2.05) is 0 Å². The molecule has 0 aliphatic carbocycles. The Balaban J connectivity index is 2.15. The molecule has 0 aliphatic rings. The number of carbonyl (C=O) groups excluding carboxylic acids is 2. The molecule has 2 heterocycles. The summed E-state index contributed by atoms with van der Waals surface area (Å²) >= 11 is 0. The highest BCUT2D eigenvalue weighted by atomic mass is 19.4. The second-order valence-electron chi connectivity index (χ2n) is 7.74. The Bertz CT molecular complexity index is 1540. The zero-order valence-electron chi connectivity index (χ0n) is 18.3. The predicted molar refractivity (Wildman–Crippen MR) is 115 cm³/mol. The third-order valence-corrected chi connectivity index (χ3v) is 5.54. The van der Waals surface area contributed by atoms with Crippen molar-refractivity contribution in [1.29, 1.82) is 0 Å². The summed E-state index contributed by atoms with van der Waals surface area (Å²) in [5.74, 6) is -5.82. The lowest BCUT2D eigenvalue weighted by molar-refractivity contribution is -0.141. The number of primary amides is 2. The highest BCUT2D eigenvalue weighted by Crippen LogP contribution is 2.42. The molecule has 4 N–H and O–H groups in total. The van der Waals surface area contributed by atoms with Gasteiger partial charge in [-0.1, -0.05) is 12.1 Å². The van der Waals surface area contributed by atoms with Crippen molar-refractivity contribution in [3.63, 3.8) is 0 Å². The summed E-state index contributed by atoms with van der Waals surface area (Å²) in [5, 5.41) is 2.93. The molecule has 13 heteroatoms. The number of rotatable bonds is 5. The molecular weight excluding hydrogens is 492 g/mol. The van der Waals surface area contributed by atoms with Crippen LogP contribution in [0.2, 0.25) is 0 Å². The maximum absolute atomic E-state index is 14.8. The molecule has 0 bridgehead atoms. The molecular formula is C23H15F6N5O2. The smallest absolute Gasteiger partial charge is 0.366 e. The van der Waals surface area contributed by atoms with Gasteiger partial charge in [0.25, 0.3) is 5.91 Å². The van der Waals surface area contributed by atoms with Gasteiger partial charge in [0.05, 0.1) is 17.6 Å². The van der Waals surface area contributed by atoms with Gasteiger partial charge in [0, 0.05) is 27.8 Å². The zero-order valence-corrected chi connectivity index (χ0v) is 18.3. The number of halogens is 6. The van der Waals surface area contributed by atoms with E-state index in [9.17, 15) is 35.9 Å². The molecule has 4 aromatic rings. The maximum atomic E-state index is 14.8. The number of aromatic nitrogens is 3. The van der Waals surface area contributed by atoms with E-state index in [0.29, 0.717) is 4.68 Å². The molecule has 0 aliphatic heterocycles. The average Bonchev–Trinajstić information content (AvgIpc) is 3.11. The van der Waals surface area contributed by atoms with Gasteiger partial charge in [-0.05, 0) is 31.2 Å². The summed E-state index contributed by atoms with van der Waals surface area (Å²) in [6.45, 7) is 0.331. The maximum Gasteiger partial charge on any atom is 0.435 e. The number of alkyl halides is 3. The van der Waals surface area contributed by atoms with Gasteiger partial charge in [0.15, 0.2) is 5.69 Å². The fourth-order valence-electron chi connectivity index (χ4n) is 3.97. The molecule has 0 spiro atoms. The van der Waals surface area contributed by atoms with Gasteiger partial charge in [-0.15, -0.1) is 0 Å². The number of benzene rings is 2. The van der Waals surface area contributed by atoms with Crippen LogP contribution in [0.15, 0.2) is 36.4 Å². The second kappa shape index (κ2) is 8.66. The van der Waals surface area contributed by atoms with E-state index in [0.717, 1.165) is 31.2 Å². The highest BCUT2D eigenvalue weighted by molar-refractivity contribution is 6.15. The number of nitrogens with zero attached hydrogens (tertiary/aromatic N) is 3. The molecule has 2 aromatic carbocycles. The Morgan fingerprint density at radius 3 is 2.06 bits per heavy atom. The molecule has 0 unspecified atom stereocenters. The number of hydrogen-bond donors (Lipinski definition) is 2. The van der Waals surface area contributed by atoms with Crippen LogP contribution in [0.5, 0.6) is 0 Å². The molecule has 2 amide bonds. The molecule has 186 valence electrons. The topological polar surface area (TPSA) is 117 Å². The Morgan fingerprint density at radius 1 is 0.917 bits per heavy atom. The third kappa shape index (κ3) is 4.01. The van der Waals surface area contributed by atoms with Crippen molar-refractivity contribution in [2.45, 2.75) is 19.6 Å². The Labute approximate surface area is 198 Å². The highest BCUT2D eigenvalue weighted by Gasteiger charge is 2.41. The number of pyridine rings is 1. The van der Waals surface area contributed by atoms with Crippen LogP contribution >= 0.6 is 0 Å². The minimum Gasteiger partial charge on any atom is -0.366 e. The van der Waals surface area contributed by atoms with Crippen LogP contribution in [0.4, 0.5) is 26.3 Å². The molecule has 0 fully saturated rings. The SMILES string of the molecule is Cc1c(-c2c(C(N)=O)nc3cccc(F)c3c2C(N)=O)c(C(F)(F)F)nn1Cc1c(F)cccc1F. The van der Waals surface area contributed by atoms with Crippen LogP contribution in [0.1, 0.15) is 37.8 Å². The van der Waals surface area contributed by atoms with E-state index in [1.54, 1.807) is 0 Å². The first-order valence-corrected chi connectivity index (χ1v) is 10.1. The summed E-state index contributed by atoms with van der Waals surface area (Å²) in [6, 6.07) is 6.23. The Morgan fingerprint density at radius 2 is 1.50 bits per heavy atom. The van der Waals surface area contributed by atoms with Crippen LogP contribution in [0.3, 0.4) is 0 Å². The van der Waals surface area contributed by atoms with Crippen molar-refractivity contribution in [2.24, 2.45) is 11.5 Å². The van der Waals surface area contributed by atoms with E-state index >= 15 is 0 Å². The molecule has 7 nitrogen and oxygen atoms in total. The van der Waals surface area contributed by atoms with Crippen LogP contribution < -0.4 is 11.5 Å². The first kappa shape index (κ1) is 24.7. The van der Waals surface area contributed by atoms with E-state index in [4.69, 9.17) is 11.5 Å². The van der Waals surface area contributed by atoms with Crippen molar-refractivity contribution in [3.8, 4) is 11.1 Å². The van der Waals surface area contributed by atoms with Gasteiger partial charge in [0.2, 0.25) is 5.91 Å².